The van der Waals surface area contributed by atoms with Crippen molar-refractivity contribution in [2.24, 2.45) is 5.92 Å². The van der Waals surface area contributed by atoms with Gasteiger partial charge in [0, 0.05) is 31.0 Å². The fourth-order valence-electron chi connectivity index (χ4n) is 1.47. The molecule has 15 heavy (non-hydrogen) atoms. The number of hydrogen-bond donors (Lipinski definition) is 0. The van der Waals surface area contributed by atoms with Gasteiger partial charge in [-0.2, -0.15) is 0 Å². The molecule has 0 unspecified atom stereocenters. The first-order valence-corrected chi connectivity index (χ1v) is 5.34. The lowest BCUT2D eigenvalue weighted by molar-refractivity contribution is 0.0745. The van der Waals surface area contributed by atoms with Gasteiger partial charge in [0.1, 0.15) is 0 Å². The molecule has 0 aliphatic carbocycles. The first kappa shape index (κ1) is 11.7. The number of rotatable bonds is 4. The molecule has 0 N–H and O–H groups in total. The minimum absolute atomic E-state index is 0.0913. The number of pyridine rings is 1. The van der Waals surface area contributed by atoms with E-state index in [1.54, 1.807) is 24.5 Å². The van der Waals surface area contributed by atoms with Crippen molar-refractivity contribution in [2.45, 2.75) is 20.8 Å². The summed E-state index contributed by atoms with van der Waals surface area (Å²) in [6.07, 6.45) is 3.30. The molecule has 1 heterocycles. The van der Waals surface area contributed by atoms with E-state index < -0.39 is 0 Å². The molecule has 0 aliphatic rings. The summed E-state index contributed by atoms with van der Waals surface area (Å²) in [6, 6.07) is 3.51. The molecule has 0 atom stereocenters. The smallest absolute Gasteiger partial charge is 0.253 e. The van der Waals surface area contributed by atoms with Crippen LogP contribution in [0, 0.1) is 5.92 Å². The van der Waals surface area contributed by atoms with Gasteiger partial charge in [0.2, 0.25) is 0 Å². The van der Waals surface area contributed by atoms with Gasteiger partial charge in [-0.1, -0.05) is 13.8 Å². The zero-order valence-electron chi connectivity index (χ0n) is 9.60. The van der Waals surface area contributed by atoms with Crippen molar-refractivity contribution in [3.05, 3.63) is 30.1 Å². The SMILES string of the molecule is CCN(CC(C)C)C(=O)c1ccncc1. The topological polar surface area (TPSA) is 33.2 Å². The van der Waals surface area contributed by atoms with E-state index in [2.05, 4.69) is 18.8 Å². The fourth-order valence-corrected chi connectivity index (χ4v) is 1.47. The van der Waals surface area contributed by atoms with Crippen LogP contribution in [0.2, 0.25) is 0 Å². The molecule has 0 aliphatic heterocycles. The molecule has 1 amide bonds. The van der Waals surface area contributed by atoms with E-state index >= 15 is 0 Å². The van der Waals surface area contributed by atoms with Crippen molar-refractivity contribution in [2.75, 3.05) is 13.1 Å². The molecule has 0 saturated heterocycles. The highest BCUT2D eigenvalue weighted by molar-refractivity contribution is 5.94. The molecule has 0 aromatic carbocycles. The number of hydrogen-bond acceptors (Lipinski definition) is 2. The highest BCUT2D eigenvalue weighted by Gasteiger charge is 2.14. The Bertz CT molecular complexity index is 309. The third kappa shape index (κ3) is 3.35. The number of amides is 1. The largest absolute Gasteiger partial charge is 0.339 e. The number of aromatic nitrogens is 1. The first-order chi connectivity index (χ1) is 7.15. The quantitative estimate of drug-likeness (QED) is 0.756. The predicted molar refractivity (Wildman–Crippen MR) is 60.7 cm³/mol. The van der Waals surface area contributed by atoms with Crippen LogP contribution >= 0.6 is 0 Å². The van der Waals surface area contributed by atoms with E-state index in [1.807, 2.05) is 11.8 Å². The van der Waals surface area contributed by atoms with Crippen LogP contribution in [0.25, 0.3) is 0 Å². The Morgan fingerprint density at radius 3 is 2.47 bits per heavy atom. The molecule has 0 fully saturated rings. The van der Waals surface area contributed by atoms with Gasteiger partial charge >= 0.3 is 0 Å². The zero-order valence-corrected chi connectivity index (χ0v) is 9.60. The van der Waals surface area contributed by atoms with E-state index in [9.17, 15) is 4.79 Å². The van der Waals surface area contributed by atoms with Crippen LogP contribution < -0.4 is 0 Å². The monoisotopic (exact) mass is 206 g/mol. The first-order valence-electron chi connectivity index (χ1n) is 5.34. The van der Waals surface area contributed by atoms with Crippen molar-refractivity contribution in [1.29, 1.82) is 0 Å². The molecule has 82 valence electrons. The van der Waals surface area contributed by atoms with Crippen LogP contribution in [0.15, 0.2) is 24.5 Å². The molecule has 1 aromatic rings. The van der Waals surface area contributed by atoms with Crippen molar-refractivity contribution in [3.63, 3.8) is 0 Å². The summed E-state index contributed by atoms with van der Waals surface area (Å²) in [6.45, 7) is 7.78. The number of nitrogens with zero attached hydrogens (tertiary/aromatic N) is 2. The summed E-state index contributed by atoms with van der Waals surface area (Å²) in [5.74, 6) is 0.587. The second-order valence-electron chi connectivity index (χ2n) is 3.97. The van der Waals surface area contributed by atoms with E-state index in [0.29, 0.717) is 11.5 Å². The van der Waals surface area contributed by atoms with Gasteiger partial charge in [-0.3, -0.25) is 9.78 Å². The summed E-state index contributed by atoms with van der Waals surface area (Å²) in [4.78, 5) is 17.8. The van der Waals surface area contributed by atoms with Gasteiger partial charge in [0.05, 0.1) is 0 Å². The van der Waals surface area contributed by atoms with Gasteiger partial charge in [-0.25, -0.2) is 0 Å². The predicted octanol–water partition coefficient (Wildman–Crippen LogP) is 2.20. The van der Waals surface area contributed by atoms with Crippen molar-refractivity contribution < 1.29 is 4.79 Å². The third-order valence-corrected chi connectivity index (χ3v) is 2.18. The molecule has 3 nitrogen and oxygen atoms in total. The van der Waals surface area contributed by atoms with Crippen molar-refractivity contribution in [1.82, 2.24) is 9.88 Å². The standard InChI is InChI=1S/C12H18N2O/c1-4-14(9-10(2)3)12(15)11-5-7-13-8-6-11/h5-8,10H,4,9H2,1-3H3. The fraction of sp³-hybridized carbons (Fsp3) is 0.500. The lowest BCUT2D eigenvalue weighted by Gasteiger charge is -2.22. The molecule has 0 spiro atoms. The highest BCUT2D eigenvalue weighted by atomic mass is 16.2. The van der Waals surface area contributed by atoms with Crippen LogP contribution in [0.1, 0.15) is 31.1 Å². The summed E-state index contributed by atoms with van der Waals surface area (Å²) >= 11 is 0. The van der Waals surface area contributed by atoms with E-state index in [1.165, 1.54) is 0 Å². The molecular weight excluding hydrogens is 188 g/mol. The molecule has 0 bridgehead atoms. The summed E-state index contributed by atoms with van der Waals surface area (Å²) in [5.41, 5.74) is 0.715. The Morgan fingerprint density at radius 2 is 2.00 bits per heavy atom. The summed E-state index contributed by atoms with van der Waals surface area (Å²) in [5, 5.41) is 0. The van der Waals surface area contributed by atoms with E-state index in [0.717, 1.165) is 13.1 Å². The number of carbonyl (C=O) groups is 1. The summed E-state index contributed by atoms with van der Waals surface area (Å²) in [7, 11) is 0. The molecule has 1 rings (SSSR count). The Balaban J connectivity index is 2.74. The molecule has 0 radical (unpaired) electrons. The lowest BCUT2D eigenvalue weighted by atomic mass is 10.1. The second-order valence-corrected chi connectivity index (χ2v) is 3.97. The maximum absolute atomic E-state index is 12.0. The van der Waals surface area contributed by atoms with Gasteiger partial charge in [-0.15, -0.1) is 0 Å². The average molecular weight is 206 g/mol. The Labute approximate surface area is 91.1 Å². The zero-order chi connectivity index (χ0) is 11.3. The van der Waals surface area contributed by atoms with Crippen LogP contribution in [0.3, 0.4) is 0 Å². The van der Waals surface area contributed by atoms with Crippen molar-refractivity contribution >= 4 is 5.91 Å². The minimum Gasteiger partial charge on any atom is -0.339 e. The second kappa shape index (κ2) is 5.49. The molecule has 1 aromatic heterocycles. The summed E-state index contributed by atoms with van der Waals surface area (Å²) < 4.78 is 0. The van der Waals surface area contributed by atoms with Crippen molar-refractivity contribution in [3.8, 4) is 0 Å². The molecule has 0 saturated carbocycles. The van der Waals surface area contributed by atoms with Gasteiger partial charge in [0.25, 0.3) is 5.91 Å². The third-order valence-electron chi connectivity index (χ3n) is 2.18. The van der Waals surface area contributed by atoms with E-state index in [4.69, 9.17) is 0 Å². The Kier molecular flexibility index (Phi) is 4.28. The molecular formula is C12H18N2O. The Hall–Kier alpha value is -1.38. The van der Waals surface area contributed by atoms with Crippen LogP contribution in [0.4, 0.5) is 0 Å². The van der Waals surface area contributed by atoms with Crippen LogP contribution in [0.5, 0.6) is 0 Å². The lowest BCUT2D eigenvalue weighted by Crippen LogP contribution is -2.33. The normalized spacial score (nSPS) is 10.4. The maximum atomic E-state index is 12.0. The van der Waals surface area contributed by atoms with Gasteiger partial charge < -0.3 is 4.90 Å². The highest BCUT2D eigenvalue weighted by Crippen LogP contribution is 2.06. The Morgan fingerprint density at radius 1 is 1.40 bits per heavy atom. The van der Waals surface area contributed by atoms with E-state index in [-0.39, 0.29) is 5.91 Å². The average Bonchev–Trinajstić information content (AvgIpc) is 2.26. The minimum atomic E-state index is 0.0913. The van der Waals surface area contributed by atoms with Crippen LogP contribution in [-0.4, -0.2) is 28.9 Å². The number of carbonyl (C=O) groups excluding carboxylic acids is 1. The molecule has 3 heteroatoms. The van der Waals surface area contributed by atoms with Gasteiger partial charge in [0.15, 0.2) is 0 Å². The maximum Gasteiger partial charge on any atom is 0.253 e. The van der Waals surface area contributed by atoms with Gasteiger partial charge in [-0.05, 0) is 25.0 Å². The van der Waals surface area contributed by atoms with Crippen LogP contribution in [-0.2, 0) is 0 Å².